The number of rotatable bonds is 3. The van der Waals surface area contributed by atoms with E-state index in [9.17, 15) is 4.79 Å². The van der Waals surface area contributed by atoms with Crippen molar-refractivity contribution in [3.05, 3.63) is 34.9 Å². The van der Waals surface area contributed by atoms with Crippen LogP contribution in [0.15, 0.2) is 18.2 Å². The number of aryl methyl sites for hydroxylation is 2. The molecule has 2 rings (SSSR count). The molecule has 0 aliphatic carbocycles. The predicted molar refractivity (Wildman–Crippen MR) is 67.0 cm³/mol. The SMILES string of the molecule is Cc1cc(C)cc(CN2CCCC2C(=O)O)c1. The molecule has 1 aromatic rings. The average molecular weight is 233 g/mol. The highest BCUT2D eigenvalue weighted by molar-refractivity contribution is 5.73. The molecule has 1 heterocycles. The summed E-state index contributed by atoms with van der Waals surface area (Å²) >= 11 is 0. The minimum atomic E-state index is -0.688. The Morgan fingerprint density at radius 3 is 2.59 bits per heavy atom. The van der Waals surface area contributed by atoms with Gasteiger partial charge in [0.25, 0.3) is 0 Å². The molecule has 1 saturated heterocycles. The Balaban J connectivity index is 2.12. The van der Waals surface area contributed by atoms with Gasteiger partial charge in [0, 0.05) is 6.54 Å². The first-order chi connectivity index (χ1) is 8.06. The molecule has 17 heavy (non-hydrogen) atoms. The average Bonchev–Trinajstić information content (AvgIpc) is 2.63. The van der Waals surface area contributed by atoms with Crippen LogP contribution in [-0.4, -0.2) is 28.6 Å². The molecule has 0 saturated carbocycles. The number of hydrogen-bond acceptors (Lipinski definition) is 2. The molecule has 0 spiro atoms. The van der Waals surface area contributed by atoms with E-state index in [4.69, 9.17) is 5.11 Å². The van der Waals surface area contributed by atoms with Gasteiger partial charge in [-0.1, -0.05) is 29.3 Å². The predicted octanol–water partition coefficient (Wildman–Crippen LogP) is 2.35. The van der Waals surface area contributed by atoms with Crippen molar-refractivity contribution in [1.29, 1.82) is 0 Å². The molecule has 0 amide bonds. The highest BCUT2D eigenvalue weighted by atomic mass is 16.4. The standard InChI is InChI=1S/C14H19NO2/c1-10-6-11(2)8-12(7-10)9-15-5-3-4-13(15)14(16)17/h6-8,13H,3-5,9H2,1-2H3,(H,16,17). The van der Waals surface area contributed by atoms with Gasteiger partial charge in [-0.05, 0) is 38.8 Å². The van der Waals surface area contributed by atoms with E-state index >= 15 is 0 Å². The molecule has 1 aromatic carbocycles. The molecule has 3 nitrogen and oxygen atoms in total. The second-order valence-electron chi connectivity index (χ2n) is 4.96. The molecule has 1 aliphatic rings. The van der Waals surface area contributed by atoms with Crippen LogP contribution in [0.25, 0.3) is 0 Å². The van der Waals surface area contributed by atoms with Gasteiger partial charge in [0.2, 0.25) is 0 Å². The maximum Gasteiger partial charge on any atom is 0.320 e. The zero-order valence-corrected chi connectivity index (χ0v) is 10.4. The van der Waals surface area contributed by atoms with Crippen LogP contribution in [-0.2, 0) is 11.3 Å². The Bertz CT molecular complexity index is 408. The second-order valence-corrected chi connectivity index (χ2v) is 4.96. The summed E-state index contributed by atoms with van der Waals surface area (Å²) in [6.07, 6.45) is 1.77. The first-order valence-electron chi connectivity index (χ1n) is 6.10. The molecular weight excluding hydrogens is 214 g/mol. The molecule has 1 N–H and O–H groups in total. The van der Waals surface area contributed by atoms with Crippen LogP contribution < -0.4 is 0 Å². The lowest BCUT2D eigenvalue weighted by molar-refractivity contribution is -0.142. The smallest absolute Gasteiger partial charge is 0.320 e. The van der Waals surface area contributed by atoms with E-state index in [0.717, 1.165) is 25.9 Å². The lowest BCUT2D eigenvalue weighted by Gasteiger charge is -2.21. The number of benzene rings is 1. The van der Waals surface area contributed by atoms with Gasteiger partial charge in [-0.15, -0.1) is 0 Å². The Morgan fingerprint density at radius 1 is 1.35 bits per heavy atom. The van der Waals surface area contributed by atoms with Crippen LogP contribution in [0.3, 0.4) is 0 Å². The fraction of sp³-hybridized carbons (Fsp3) is 0.500. The third-order valence-electron chi connectivity index (χ3n) is 3.32. The van der Waals surface area contributed by atoms with Gasteiger partial charge in [0.15, 0.2) is 0 Å². The van der Waals surface area contributed by atoms with Crippen molar-refractivity contribution < 1.29 is 9.90 Å². The van der Waals surface area contributed by atoms with Gasteiger partial charge < -0.3 is 5.11 Å². The van der Waals surface area contributed by atoms with Crippen molar-refractivity contribution in [3.8, 4) is 0 Å². The number of carbonyl (C=O) groups is 1. The van der Waals surface area contributed by atoms with Crippen LogP contribution in [0.2, 0.25) is 0 Å². The monoisotopic (exact) mass is 233 g/mol. The van der Waals surface area contributed by atoms with E-state index in [-0.39, 0.29) is 6.04 Å². The summed E-state index contributed by atoms with van der Waals surface area (Å²) in [5.41, 5.74) is 3.70. The Kier molecular flexibility index (Phi) is 3.48. The third-order valence-corrected chi connectivity index (χ3v) is 3.32. The van der Waals surface area contributed by atoms with E-state index in [0.29, 0.717) is 0 Å². The molecule has 1 unspecified atom stereocenters. The Hall–Kier alpha value is -1.35. The summed E-state index contributed by atoms with van der Waals surface area (Å²) in [6.45, 7) is 5.80. The van der Waals surface area contributed by atoms with Crippen molar-refractivity contribution in [2.45, 2.75) is 39.3 Å². The topological polar surface area (TPSA) is 40.5 Å². The summed E-state index contributed by atoms with van der Waals surface area (Å²) < 4.78 is 0. The van der Waals surface area contributed by atoms with Gasteiger partial charge in [0.1, 0.15) is 6.04 Å². The highest BCUT2D eigenvalue weighted by Crippen LogP contribution is 2.21. The van der Waals surface area contributed by atoms with Crippen molar-refractivity contribution >= 4 is 5.97 Å². The normalized spacial score (nSPS) is 20.7. The van der Waals surface area contributed by atoms with E-state index in [1.165, 1.54) is 16.7 Å². The molecule has 0 radical (unpaired) electrons. The maximum absolute atomic E-state index is 11.1. The van der Waals surface area contributed by atoms with Crippen molar-refractivity contribution in [3.63, 3.8) is 0 Å². The van der Waals surface area contributed by atoms with E-state index in [1.807, 2.05) is 0 Å². The minimum absolute atomic E-state index is 0.296. The first-order valence-corrected chi connectivity index (χ1v) is 6.10. The quantitative estimate of drug-likeness (QED) is 0.871. The third kappa shape index (κ3) is 2.86. The van der Waals surface area contributed by atoms with Gasteiger partial charge in [-0.3, -0.25) is 9.69 Å². The molecule has 1 atom stereocenters. The zero-order chi connectivity index (χ0) is 12.4. The Labute approximate surface area is 102 Å². The summed E-state index contributed by atoms with van der Waals surface area (Å²) in [7, 11) is 0. The first kappa shape index (κ1) is 12.1. The van der Waals surface area contributed by atoms with Crippen molar-refractivity contribution in [1.82, 2.24) is 4.90 Å². The zero-order valence-electron chi connectivity index (χ0n) is 10.4. The van der Waals surface area contributed by atoms with E-state index < -0.39 is 5.97 Å². The van der Waals surface area contributed by atoms with Crippen molar-refractivity contribution in [2.24, 2.45) is 0 Å². The summed E-state index contributed by atoms with van der Waals surface area (Å²) in [6, 6.07) is 6.13. The lowest BCUT2D eigenvalue weighted by atomic mass is 10.1. The van der Waals surface area contributed by atoms with Gasteiger partial charge >= 0.3 is 5.97 Å². The second kappa shape index (κ2) is 4.88. The summed E-state index contributed by atoms with van der Waals surface area (Å²) in [5, 5.41) is 9.13. The summed E-state index contributed by atoms with van der Waals surface area (Å²) in [5.74, 6) is -0.688. The van der Waals surface area contributed by atoms with Crippen LogP contribution in [0.5, 0.6) is 0 Å². The minimum Gasteiger partial charge on any atom is -0.480 e. The van der Waals surface area contributed by atoms with Crippen LogP contribution in [0, 0.1) is 13.8 Å². The summed E-state index contributed by atoms with van der Waals surface area (Å²) in [4.78, 5) is 13.2. The van der Waals surface area contributed by atoms with Crippen molar-refractivity contribution in [2.75, 3.05) is 6.54 Å². The largest absolute Gasteiger partial charge is 0.480 e. The van der Waals surface area contributed by atoms with Crippen LogP contribution in [0.1, 0.15) is 29.5 Å². The highest BCUT2D eigenvalue weighted by Gasteiger charge is 2.30. The van der Waals surface area contributed by atoms with E-state index in [2.05, 4.69) is 36.9 Å². The number of likely N-dealkylation sites (tertiary alicyclic amines) is 1. The van der Waals surface area contributed by atoms with Crippen LogP contribution >= 0.6 is 0 Å². The molecule has 1 aliphatic heterocycles. The van der Waals surface area contributed by atoms with Gasteiger partial charge in [0.05, 0.1) is 0 Å². The number of carboxylic acid groups (broad SMARTS) is 1. The lowest BCUT2D eigenvalue weighted by Crippen LogP contribution is -2.35. The molecule has 1 fully saturated rings. The number of hydrogen-bond donors (Lipinski definition) is 1. The fourth-order valence-electron chi connectivity index (χ4n) is 2.69. The molecule has 0 aromatic heterocycles. The number of nitrogens with zero attached hydrogens (tertiary/aromatic N) is 1. The Morgan fingerprint density at radius 2 is 2.00 bits per heavy atom. The molecule has 92 valence electrons. The van der Waals surface area contributed by atoms with E-state index in [1.54, 1.807) is 0 Å². The maximum atomic E-state index is 11.1. The van der Waals surface area contributed by atoms with Gasteiger partial charge in [-0.25, -0.2) is 0 Å². The molecular formula is C14H19NO2. The number of carboxylic acids is 1. The molecule has 0 bridgehead atoms. The van der Waals surface area contributed by atoms with Gasteiger partial charge in [-0.2, -0.15) is 0 Å². The molecule has 3 heteroatoms. The fourth-order valence-corrected chi connectivity index (χ4v) is 2.69. The number of aliphatic carboxylic acids is 1. The van der Waals surface area contributed by atoms with Crippen LogP contribution in [0.4, 0.5) is 0 Å².